The maximum Gasteiger partial charge on any atom is 0.241 e. The number of hydrogen-bond donors (Lipinski definition) is 1. The fourth-order valence-corrected chi connectivity index (χ4v) is 4.49. The Labute approximate surface area is 192 Å². The smallest absolute Gasteiger partial charge is 0.241 e. The van der Waals surface area contributed by atoms with Crippen molar-refractivity contribution in [2.75, 3.05) is 11.4 Å². The molecule has 0 saturated carbocycles. The summed E-state index contributed by atoms with van der Waals surface area (Å²) in [6.45, 7) is 2.39. The molecule has 0 spiro atoms. The zero-order valence-corrected chi connectivity index (χ0v) is 18.6. The molecule has 4 rings (SSSR count). The van der Waals surface area contributed by atoms with Gasteiger partial charge in [0.1, 0.15) is 0 Å². The van der Waals surface area contributed by atoms with Gasteiger partial charge in [-0.3, -0.25) is 9.69 Å². The fraction of sp³-hybridized carbons (Fsp3) is 0.200. The third kappa shape index (κ3) is 4.35. The summed E-state index contributed by atoms with van der Waals surface area (Å²) in [5, 5.41) is 12.1. The van der Waals surface area contributed by atoms with E-state index in [1.165, 1.54) is 4.90 Å². The first kappa shape index (κ1) is 21.5. The van der Waals surface area contributed by atoms with Crippen molar-refractivity contribution in [2.24, 2.45) is 5.92 Å². The summed E-state index contributed by atoms with van der Waals surface area (Å²) >= 11 is 11.8. The summed E-state index contributed by atoms with van der Waals surface area (Å²) < 4.78 is 0. The van der Waals surface area contributed by atoms with Crippen LogP contribution in [-0.2, 0) is 4.79 Å². The van der Waals surface area contributed by atoms with Crippen LogP contribution in [0.4, 0.5) is 5.69 Å². The molecule has 1 fully saturated rings. The summed E-state index contributed by atoms with van der Waals surface area (Å²) in [6, 6.07) is 26.2. The number of benzene rings is 3. The molecule has 4 nitrogen and oxygen atoms in total. The third-order valence-corrected chi connectivity index (χ3v) is 6.39. The van der Waals surface area contributed by atoms with Gasteiger partial charge in [-0.25, -0.2) is 0 Å². The van der Waals surface area contributed by atoms with E-state index in [1.54, 1.807) is 24.3 Å². The maximum absolute atomic E-state index is 13.6. The van der Waals surface area contributed by atoms with Crippen molar-refractivity contribution < 1.29 is 9.90 Å². The molecule has 3 aromatic rings. The lowest BCUT2D eigenvalue weighted by molar-refractivity contribution is -0.127. The minimum Gasteiger partial charge on any atom is -0.388 e. The highest BCUT2D eigenvalue weighted by molar-refractivity contribution is 7.80. The second kappa shape index (κ2) is 9.18. The fourth-order valence-electron chi connectivity index (χ4n) is 3.94. The lowest BCUT2D eigenvalue weighted by Gasteiger charge is -2.45. The number of aliphatic hydroxyl groups is 1. The number of anilines is 1. The average Bonchev–Trinajstić information content (AvgIpc) is 2.81. The first-order valence-electron chi connectivity index (χ1n) is 10.2. The Hall–Kier alpha value is -2.73. The molecule has 1 N–H and O–H groups in total. The Bertz CT molecular complexity index is 996. The van der Waals surface area contributed by atoms with Crippen LogP contribution < -0.4 is 4.90 Å². The van der Waals surface area contributed by atoms with Crippen molar-refractivity contribution in [1.29, 1.82) is 0 Å². The summed E-state index contributed by atoms with van der Waals surface area (Å²) in [7, 11) is 0. The normalized spacial score (nSPS) is 18.7. The van der Waals surface area contributed by atoms with Crippen LogP contribution in [0.25, 0.3) is 0 Å². The molecule has 3 atom stereocenters. The number of halogens is 1. The Balaban J connectivity index is 1.74. The summed E-state index contributed by atoms with van der Waals surface area (Å²) in [5.74, 6) is -0.892. The third-order valence-electron chi connectivity index (χ3n) is 5.72. The zero-order chi connectivity index (χ0) is 22.0. The predicted octanol–water partition coefficient (Wildman–Crippen LogP) is 5.38. The molecule has 0 aromatic heterocycles. The first-order chi connectivity index (χ1) is 15.0. The molecule has 1 saturated heterocycles. The van der Waals surface area contributed by atoms with Gasteiger partial charge in [0.2, 0.25) is 5.91 Å². The monoisotopic (exact) mass is 450 g/mol. The van der Waals surface area contributed by atoms with Gasteiger partial charge < -0.3 is 10.0 Å². The Morgan fingerprint density at radius 3 is 2.06 bits per heavy atom. The van der Waals surface area contributed by atoms with Crippen LogP contribution in [-0.4, -0.2) is 27.6 Å². The van der Waals surface area contributed by atoms with Gasteiger partial charge in [-0.1, -0.05) is 72.3 Å². The second-order valence-corrected chi connectivity index (χ2v) is 8.44. The van der Waals surface area contributed by atoms with E-state index in [-0.39, 0.29) is 11.9 Å². The lowest BCUT2D eigenvalue weighted by Crippen LogP contribution is -2.58. The van der Waals surface area contributed by atoms with E-state index in [0.29, 0.717) is 27.9 Å². The number of carbonyl (C=O) groups excluding carboxylic acids is 1. The molecule has 158 valence electrons. The van der Waals surface area contributed by atoms with Gasteiger partial charge in [0, 0.05) is 11.6 Å². The summed E-state index contributed by atoms with van der Waals surface area (Å²) in [6.07, 6.45) is -0.947. The van der Waals surface area contributed by atoms with Gasteiger partial charge in [-0.2, -0.15) is 0 Å². The highest BCUT2D eigenvalue weighted by atomic mass is 35.5. The van der Waals surface area contributed by atoms with Crippen molar-refractivity contribution in [3.8, 4) is 0 Å². The lowest BCUT2D eigenvalue weighted by atomic mass is 9.91. The van der Waals surface area contributed by atoms with Gasteiger partial charge in [0.25, 0.3) is 0 Å². The van der Waals surface area contributed by atoms with E-state index in [2.05, 4.69) is 6.92 Å². The molecule has 3 aromatic carbocycles. The largest absolute Gasteiger partial charge is 0.388 e. The molecule has 1 amide bonds. The van der Waals surface area contributed by atoms with Gasteiger partial charge in [-0.05, 0) is 54.5 Å². The van der Waals surface area contributed by atoms with Crippen LogP contribution in [0.15, 0.2) is 84.9 Å². The average molecular weight is 451 g/mol. The number of nitrogens with zero attached hydrogens (tertiary/aromatic N) is 2. The van der Waals surface area contributed by atoms with Gasteiger partial charge in [-0.15, -0.1) is 0 Å². The van der Waals surface area contributed by atoms with Crippen LogP contribution >= 0.6 is 23.8 Å². The van der Waals surface area contributed by atoms with Crippen LogP contribution in [0, 0.1) is 5.92 Å². The van der Waals surface area contributed by atoms with Crippen molar-refractivity contribution in [3.63, 3.8) is 0 Å². The Morgan fingerprint density at radius 2 is 1.48 bits per heavy atom. The molecule has 1 aliphatic rings. The van der Waals surface area contributed by atoms with Crippen LogP contribution in [0.5, 0.6) is 0 Å². The minimum absolute atomic E-state index is 0.0675. The first-order valence-corrected chi connectivity index (χ1v) is 10.9. The highest BCUT2D eigenvalue weighted by Gasteiger charge is 2.43. The molecular weight excluding hydrogens is 428 g/mol. The number of hydrogen-bond acceptors (Lipinski definition) is 3. The number of rotatable bonds is 5. The summed E-state index contributed by atoms with van der Waals surface area (Å²) in [5.41, 5.74) is 2.43. The molecule has 0 unspecified atom stereocenters. The van der Waals surface area contributed by atoms with Crippen LogP contribution in [0.1, 0.15) is 30.2 Å². The number of carbonyl (C=O) groups is 1. The molecule has 6 heteroatoms. The topological polar surface area (TPSA) is 43.8 Å². The summed E-state index contributed by atoms with van der Waals surface area (Å²) in [4.78, 5) is 17.1. The van der Waals surface area contributed by atoms with Gasteiger partial charge in [0.05, 0.1) is 23.8 Å². The molecule has 0 radical (unpaired) electrons. The minimum atomic E-state index is -0.947. The number of amides is 1. The van der Waals surface area contributed by atoms with Crippen molar-refractivity contribution >= 4 is 40.5 Å². The molecular formula is C25H23ClN2O2S. The predicted molar refractivity (Wildman–Crippen MR) is 128 cm³/mol. The van der Waals surface area contributed by atoms with Crippen molar-refractivity contribution in [1.82, 2.24) is 4.90 Å². The van der Waals surface area contributed by atoms with Crippen LogP contribution in [0.3, 0.4) is 0 Å². The highest BCUT2D eigenvalue weighted by Crippen LogP contribution is 2.35. The van der Waals surface area contributed by atoms with E-state index in [4.69, 9.17) is 23.8 Å². The molecule has 31 heavy (non-hydrogen) atoms. The van der Waals surface area contributed by atoms with Gasteiger partial charge >= 0.3 is 0 Å². The van der Waals surface area contributed by atoms with E-state index in [1.807, 2.05) is 65.6 Å². The molecule has 1 aliphatic heterocycles. The van der Waals surface area contributed by atoms with Crippen LogP contribution in [0.2, 0.25) is 5.02 Å². The van der Waals surface area contributed by atoms with E-state index < -0.39 is 12.0 Å². The quantitative estimate of drug-likeness (QED) is 0.529. The Kier molecular flexibility index (Phi) is 6.37. The molecule has 1 heterocycles. The van der Waals surface area contributed by atoms with E-state index in [9.17, 15) is 9.90 Å². The standard InChI is InChI=1S/C25H23ClN2O2S/c1-17(18-8-4-2-5-9-18)27-16-22(23(29)19-10-6-3-7-11-19)24(30)28(25(27)31)21-14-12-20(26)13-15-21/h2-15,17,22-23,29H,16H2,1H3/t17-,22-,23-/m0/s1. The van der Waals surface area contributed by atoms with Gasteiger partial charge in [0.15, 0.2) is 5.11 Å². The maximum atomic E-state index is 13.6. The number of aliphatic hydroxyl groups excluding tert-OH is 1. The van der Waals surface area contributed by atoms with E-state index in [0.717, 1.165) is 5.56 Å². The Morgan fingerprint density at radius 1 is 0.935 bits per heavy atom. The second-order valence-electron chi connectivity index (χ2n) is 7.63. The SMILES string of the molecule is C[C@@H](c1ccccc1)N1C[C@@H]([C@@H](O)c2ccccc2)C(=O)N(c2ccc(Cl)cc2)C1=S. The zero-order valence-electron chi connectivity index (χ0n) is 17.1. The molecule has 0 aliphatic carbocycles. The van der Waals surface area contributed by atoms with Crippen molar-refractivity contribution in [2.45, 2.75) is 19.1 Å². The molecule has 0 bridgehead atoms. The number of thiocarbonyl (C=S) groups is 1. The van der Waals surface area contributed by atoms with E-state index >= 15 is 0 Å². The van der Waals surface area contributed by atoms with Crippen molar-refractivity contribution in [3.05, 3.63) is 101 Å².